The van der Waals surface area contributed by atoms with Gasteiger partial charge in [-0.1, -0.05) is 11.6 Å². The Morgan fingerprint density at radius 1 is 1.21 bits per heavy atom. The van der Waals surface area contributed by atoms with Crippen LogP contribution in [0.25, 0.3) is 0 Å². The number of carbonyl (C=O) groups excluding carboxylic acids is 1. The van der Waals surface area contributed by atoms with E-state index in [1.54, 1.807) is 6.07 Å². The third kappa shape index (κ3) is 4.61. The summed E-state index contributed by atoms with van der Waals surface area (Å²) in [5.74, 6) is 0.0430. The van der Waals surface area contributed by atoms with Crippen molar-refractivity contribution in [3.8, 4) is 0 Å². The molecule has 0 aliphatic heterocycles. The van der Waals surface area contributed by atoms with Gasteiger partial charge < -0.3 is 10.6 Å². The highest BCUT2D eigenvalue weighted by Crippen LogP contribution is 2.36. The van der Waals surface area contributed by atoms with E-state index in [1.165, 1.54) is 18.3 Å². The Hall–Kier alpha value is -2.28. The first-order chi connectivity index (χ1) is 11.2. The van der Waals surface area contributed by atoms with Crippen molar-refractivity contribution in [3.05, 3.63) is 52.7 Å². The maximum atomic E-state index is 12.8. The lowest BCUT2D eigenvalue weighted by Gasteiger charge is -2.12. The van der Waals surface area contributed by atoms with Crippen LogP contribution in [0.5, 0.6) is 0 Å². The van der Waals surface area contributed by atoms with Gasteiger partial charge in [-0.15, -0.1) is 0 Å². The SMILES string of the molecule is CC(C)Nc1ccc(C(=O)Nc2ccc(Cl)c(C(F)(F)F)c2)cn1. The minimum atomic E-state index is -4.59. The van der Waals surface area contributed by atoms with Crippen molar-refractivity contribution in [1.82, 2.24) is 4.98 Å². The molecule has 128 valence electrons. The molecule has 8 heteroatoms. The number of halogens is 4. The number of benzene rings is 1. The van der Waals surface area contributed by atoms with Crippen LogP contribution < -0.4 is 10.6 Å². The minimum Gasteiger partial charge on any atom is -0.368 e. The smallest absolute Gasteiger partial charge is 0.368 e. The highest BCUT2D eigenvalue weighted by molar-refractivity contribution is 6.31. The molecule has 24 heavy (non-hydrogen) atoms. The number of pyridine rings is 1. The highest BCUT2D eigenvalue weighted by atomic mass is 35.5. The highest BCUT2D eigenvalue weighted by Gasteiger charge is 2.33. The van der Waals surface area contributed by atoms with Crippen molar-refractivity contribution < 1.29 is 18.0 Å². The van der Waals surface area contributed by atoms with E-state index in [0.29, 0.717) is 5.82 Å². The minimum absolute atomic E-state index is 0.00102. The van der Waals surface area contributed by atoms with E-state index in [9.17, 15) is 18.0 Å². The molecular weight excluding hydrogens is 343 g/mol. The number of alkyl halides is 3. The first-order valence-corrected chi connectivity index (χ1v) is 7.45. The molecule has 1 aromatic carbocycles. The van der Waals surface area contributed by atoms with Crippen LogP contribution in [0.1, 0.15) is 29.8 Å². The van der Waals surface area contributed by atoms with Gasteiger partial charge in [0.25, 0.3) is 5.91 Å². The second kappa shape index (κ2) is 7.09. The summed E-state index contributed by atoms with van der Waals surface area (Å²) in [5, 5.41) is 5.04. The molecule has 1 amide bonds. The van der Waals surface area contributed by atoms with Crippen molar-refractivity contribution >= 4 is 29.0 Å². The molecule has 1 aromatic heterocycles. The zero-order valence-corrected chi connectivity index (χ0v) is 13.7. The normalized spacial score (nSPS) is 11.5. The van der Waals surface area contributed by atoms with E-state index in [0.717, 1.165) is 12.1 Å². The molecule has 1 heterocycles. The Kier molecular flexibility index (Phi) is 5.33. The van der Waals surface area contributed by atoms with Crippen LogP contribution in [0, 0.1) is 0 Å². The fourth-order valence-corrected chi connectivity index (χ4v) is 2.16. The molecule has 2 N–H and O–H groups in total. The van der Waals surface area contributed by atoms with Crippen molar-refractivity contribution in [2.45, 2.75) is 26.1 Å². The molecule has 0 saturated heterocycles. The summed E-state index contributed by atoms with van der Waals surface area (Å²) < 4.78 is 38.5. The fourth-order valence-electron chi connectivity index (χ4n) is 1.93. The van der Waals surface area contributed by atoms with Gasteiger partial charge >= 0.3 is 6.18 Å². The van der Waals surface area contributed by atoms with Gasteiger partial charge in [0, 0.05) is 17.9 Å². The largest absolute Gasteiger partial charge is 0.417 e. The lowest BCUT2D eigenvalue weighted by Crippen LogP contribution is -2.15. The number of carbonyl (C=O) groups is 1. The van der Waals surface area contributed by atoms with Crippen LogP contribution in [0.15, 0.2) is 36.5 Å². The summed E-state index contributed by atoms with van der Waals surface area (Å²) >= 11 is 5.54. The van der Waals surface area contributed by atoms with Gasteiger partial charge in [0.05, 0.1) is 16.1 Å². The Labute approximate surface area is 142 Å². The lowest BCUT2D eigenvalue weighted by molar-refractivity contribution is -0.137. The molecule has 0 radical (unpaired) electrons. The zero-order valence-electron chi connectivity index (χ0n) is 12.9. The number of nitrogens with one attached hydrogen (secondary N) is 2. The van der Waals surface area contributed by atoms with Crippen LogP contribution in [0.2, 0.25) is 5.02 Å². The summed E-state index contributed by atoms with van der Waals surface area (Å²) in [6.07, 6.45) is -3.25. The molecule has 0 aliphatic carbocycles. The third-order valence-electron chi connectivity index (χ3n) is 2.99. The molecular formula is C16H15ClF3N3O. The Morgan fingerprint density at radius 2 is 1.92 bits per heavy atom. The van der Waals surface area contributed by atoms with Crippen molar-refractivity contribution in [3.63, 3.8) is 0 Å². The van der Waals surface area contributed by atoms with E-state index >= 15 is 0 Å². The van der Waals surface area contributed by atoms with Gasteiger partial charge in [0.15, 0.2) is 0 Å². The molecule has 0 aliphatic rings. The average Bonchev–Trinajstić information content (AvgIpc) is 2.48. The topological polar surface area (TPSA) is 54.0 Å². The zero-order chi connectivity index (χ0) is 17.9. The van der Waals surface area contributed by atoms with Gasteiger partial charge in [-0.25, -0.2) is 4.98 Å². The van der Waals surface area contributed by atoms with Crippen LogP contribution in [-0.4, -0.2) is 16.9 Å². The molecule has 2 aromatic rings. The van der Waals surface area contributed by atoms with Crippen LogP contribution in [0.3, 0.4) is 0 Å². The van der Waals surface area contributed by atoms with Crippen LogP contribution >= 0.6 is 11.6 Å². The summed E-state index contributed by atoms with van der Waals surface area (Å²) in [4.78, 5) is 16.2. The average molecular weight is 358 g/mol. The van der Waals surface area contributed by atoms with Gasteiger partial charge in [0.1, 0.15) is 5.82 Å². The van der Waals surface area contributed by atoms with E-state index in [4.69, 9.17) is 11.6 Å². The van der Waals surface area contributed by atoms with E-state index in [2.05, 4.69) is 15.6 Å². The molecule has 4 nitrogen and oxygen atoms in total. The van der Waals surface area contributed by atoms with E-state index in [1.807, 2.05) is 13.8 Å². The summed E-state index contributed by atoms with van der Waals surface area (Å²) in [6.45, 7) is 3.89. The number of rotatable bonds is 4. The lowest BCUT2D eigenvalue weighted by atomic mass is 10.2. The maximum absolute atomic E-state index is 12.8. The Morgan fingerprint density at radius 3 is 2.46 bits per heavy atom. The molecule has 0 fully saturated rings. The second-order valence-corrected chi connectivity index (χ2v) is 5.78. The summed E-state index contributed by atoms with van der Waals surface area (Å²) in [5.41, 5.74) is -0.773. The predicted molar refractivity (Wildman–Crippen MR) is 87.4 cm³/mol. The van der Waals surface area contributed by atoms with Gasteiger partial charge in [-0.05, 0) is 44.2 Å². The van der Waals surface area contributed by atoms with Crippen LogP contribution in [-0.2, 0) is 6.18 Å². The van der Waals surface area contributed by atoms with Crippen LogP contribution in [0.4, 0.5) is 24.7 Å². The fraction of sp³-hybridized carbons (Fsp3) is 0.250. The molecule has 0 unspecified atom stereocenters. The predicted octanol–water partition coefficient (Wildman–Crippen LogP) is 4.83. The quantitative estimate of drug-likeness (QED) is 0.824. The summed E-state index contributed by atoms with van der Waals surface area (Å²) in [6, 6.07) is 6.53. The Bertz CT molecular complexity index is 730. The number of hydrogen-bond acceptors (Lipinski definition) is 3. The van der Waals surface area contributed by atoms with E-state index in [-0.39, 0.29) is 17.3 Å². The number of amides is 1. The van der Waals surface area contributed by atoms with Crippen molar-refractivity contribution in [2.75, 3.05) is 10.6 Å². The van der Waals surface area contributed by atoms with Gasteiger partial charge in [-0.2, -0.15) is 13.2 Å². The molecule has 0 atom stereocenters. The monoisotopic (exact) mass is 357 g/mol. The molecule has 0 spiro atoms. The van der Waals surface area contributed by atoms with Crippen molar-refractivity contribution in [2.24, 2.45) is 0 Å². The van der Waals surface area contributed by atoms with Gasteiger partial charge in [0.2, 0.25) is 0 Å². The Balaban J connectivity index is 2.15. The second-order valence-electron chi connectivity index (χ2n) is 5.38. The van der Waals surface area contributed by atoms with Gasteiger partial charge in [-0.3, -0.25) is 4.79 Å². The standard InChI is InChI=1S/C16H15ClF3N3O/c1-9(2)22-14-6-3-10(8-21-14)15(24)23-11-4-5-13(17)12(7-11)16(18,19)20/h3-9H,1-2H3,(H,21,22)(H,23,24). The number of aromatic nitrogens is 1. The maximum Gasteiger partial charge on any atom is 0.417 e. The first-order valence-electron chi connectivity index (χ1n) is 7.07. The summed E-state index contributed by atoms with van der Waals surface area (Å²) in [7, 11) is 0. The first kappa shape index (κ1) is 18.1. The number of nitrogens with zero attached hydrogens (tertiary/aromatic N) is 1. The number of anilines is 2. The van der Waals surface area contributed by atoms with Crippen molar-refractivity contribution in [1.29, 1.82) is 0 Å². The molecule has 0 bridgehead atoms. The third-order valence-corrected chi connectivity index (χ3v) is 3.32. The molecule has 0 saturated carbocycles. The van der Waals surface area contributed by atoms with E-state index < -0.39 is 22.7 Å². The molecule has 2 rings (SSSR count). The number of hydrogen-bond donors (Lipinski definition) is 2.